The lowest BCUT2D eigenvalue weighted by molar-refractivity contribution is -0.120. The summed E-state index contributed by atoms with van der Waals surface area (Å²) in [6.07, 6.45) is -1.86. The van der Waals surface area contributed by atoms with E-state index in [0.717, 1.165) is 22.4 Å². The van der Waals surface area contributed by atoms with Crippen molar-refractivity contribution in [2.24, 2.45) is 4.99 Å². The predicted octanol–water partition coefficient (Wildman–Crippen LogP) is 3.52. The van der Waals surface area contributed by atoms with Gasteiger partial charge in [0, 0.05) is 11.1 Å². The summed E-state index contributed by atoms with van der Waals surface area (Å²) in [4.78, 5) is 32.5. The molecule has 0 bridgehead atoms. The van der Waals surface area contributed by atoms with E-state index >= 15 is 0 Å². The number of fused-ring (bicyclic) bond motifs is 1. The molecule has 1 saturated heterocycles. The summed E-state index contributed by atoms with van der Waals surface area (Å²) in [6, 6.07) is 26.6. The zero-order valence-corrected chi connectivity index (χ0v) is 17.9. The van der Waals surface area contributed by atoms with E-state index in [0.29, 0.717) is 18.9 Å². The molecule has 2 aliphatic heterocycles. The highest BCUT2D eigenvalue weighted by Crippen LogP contribution is 2.29. The monoisotopic (exact) mass is 441 g/mol. The highest BCUT2D eigenvalue weighted by molar-refractivity contribution is 6.20. The zero-order valence-electron chi connectivity index (χ0n) is 17.9. The average molecular weight is 441 g/mol. The van der Waals surface area contributed by atoms with Crippen molar-refractivity contribution in [2.45, 2.75) is 18.9 Å². The van der Waals surface area contributed by atoms with Gasteiger partial charge < -0.3 is 14.4 Å². The maximum absolute atomic E-state index is 13.6. The number of nitrogens with one attached hydrogen (secondary N) is 1. The molecule has 1 unspecified atom stereocenters. The zero-order chi connectivity index (χ0) is 22.6. The summed E-state index contributed by atoms with van der Waals surface area (Å²) in [5.41, 5.74) is 3.90. The van der Waals surface area contributed by atoms with Gasteiger partial charge in [0.15, 0.2) is 0 Å². The molecule has 166 valence electrons. The lowest BCUT2D eigenvalue weighted by Gasteiger charge is -2.24. The first kappa shape index (κ1) is 20.9. The molecule has 1 N–H and O–H groups in total. The van der Waals surface area contributed by atoms with Crippen molar-refractivity contribution in [1.82, 2.24) is 5.32 Å². The number of rotatable bonds is 6. The number of para-hydroxylation sites is 1. The maximum atomic E-state index is 13.6. The smallest absolute Gasteiger partial charge is 0.409 e. The van der Waals surface area contributed by atoms with Gasteiger partial charge in [0.1, 0.15) is 6.61 Å². The van der Waals surface area contributed by atoms with Crippen LogP contribution in [0.2, 0.25) is 0 Å². The molecule has 2 heterocycles. The first-order chi connectivity index (χ1) is 16.2. The minimum absolute atomic E-state index is 0.0223. The van der Waals surface area contributed by atoms with E-state index in [1.165, 1.54) is 0 Å². The minimum Gasteiger partial charge on any atom is -0.445 e. The largest absolute Gasteiger partial charge is 0.445 e. The van der Waals surface area contributed by atoms with Crippen molar-refractivity contribution >= 4 is 23.4 Å². The second-order valence-corrected chi connectivity index (χ2v) is 7.87. The molecule has 0 spiro atoms. The number of alkyl carbamates (subject to hydrolysis) is 1. The number of anilines is 1. The van der Waals surface area contributed by atoms with Gasteiger partial charge in [-0.2, -0.15) is 0 Å². The molecule has 5 rings (SSSR count). The molecule has 7 heteroatoms. The number of carbonyl (C=O) groups is 2. The number of nitrogens with zero attached hydrogens (tertiary/aromatic N) is 2. The third-order valence-corrected chi connectivity index (χ3v) is 5.51. The van der Waals surface area contributed by atoms with E-state index in [2.05, 4.69) is 5.32 Å². The van der Waals surface area contributed by atoms with Gasteiger partial charge in [-0.15, -0.1) is 0 Å². The Morgan fingerprint density at radius 1 is 1.00 bits per heavy atom. The second kappa shape index (κ2) is 9.26. The molecule has 0 aromatic heterocycles. The Kier molecular flexibility index (Phi) is 5.87. The van der Waals surface area contributed by atoms with E-state index in [4.69, 9.17) is 14.5 Å². The third-order valence-electron chi connectivity index (χ3n) is 5.51. The fourth-order valence-electron chi connectivity index (χ4n) is 3.79. The number of hydrogen-bond donors (Lipinski definition) is 1. The third kappa shape index (κ3) is 4.78. The van der Waals surface area contributed by atoms with Gasteiger partial charge in [-0.1, -0.05) is 78.9 Å². The average Bonchev–Trinajstić information content (AvgIpc) is 3.69. The highest BCUT2D eigenvalue weighted by atomic mass is 16.6. The fourth-order valence-corrected chi connectivity index (χ4v) is 3.79. The normalized spacial score (nSPS) is 19.2. The summed E-state index contributed by atoms with van der Waals surface area (Å²) < 4.78 is 10.7. The highest BCUT2D eigenvalue weighted by Gasteiger charge is 2.37. The summed E-state index contributed by atoms with van der Waals surface area (Å²) in [7, 11) is 0. The summed E-state index contributed by atoms with van der Waals surface area (Å²) in [6.45, 7) is 1.10. The van der Waals surface area contributed by atoms with Gasteiger partial charge in [0.05, 0.1) is 30.7 Å². The molecule has 0 radical (unpaired) electrons. The van der Waals surface area contributed by atoms with Crippen LogP contribution in [0.3, 0.4) is 0 Å². The fraction of sp³-hybridized carbons (Fsp3) is 0.192. The van der Waals surface area contributed by atoms with E-state index in [1.807, 2.05) is 84.9 Å². The Balaban J connectivity index is 1.46. The van der Waals surface area contributed by atoms with Gasteiger partial charge >= 0.3 is 6.09 Å². The lowest BCUT2D eigenvalue weighted by atomic mass is 10.0. The standard InChI is InChI=1S/C26H23N3O4/c30-25-24(28-26(31)33-16-18-9-3-1-4-10-18)27-23(19-11-5-2-6-12-19)21-13-7-8-14-22(21)29(25)15-20-17-32-20/h1-14,20,24H,15-17H2,(H,28,31)/t20-,24?/m1/s1. The Labute approximate surface area is 191 Å². The molecule has 3 aromatic carbocycles. The molecule has 3 aromatic rings. The van der Waals surface area contributed by atoms with Crippen LogP contribution >= 0.6 is 0 Å². The molecular weight excluding hydrogens is 418 g/mol. The van der Waals surface area contributed by atoms with Crippen LogP contribution in [0.25, 0.3) is 0 Å². The Hall–Kier alpha value is -3.97. The quantitative estimate of drug-likeness (QED) is 0.594. The van der Waals surface area contributed by atoms with Crippen LogP contribution in [-0.2, 0) is 20.9 Å². The first-order valence-electron chi connectivity index (χ1n) is 10.8. The van der Waals surface area contributed by atoms with Crippen LogP contribution in [0, 0.1) is 0 Å². The molecule has 33 heavy (non-hydrogen) atoms. The number of benzodiazepines with no additional fused rings is 1. The van der Waals surface area contributed by atoms with Gasteiger partial charge in [-0.25, -0.2) is 9.79 Å². The van der Waals surface area contributed by atoms with Crippen LogP contribution < -0.4 is 10.2 Å². The van der Waals surface area contributed by atoms with Crippen molar-refractivity contribution < 1.29 is 19.1 Å². The molecule has 1 fully saturated rings. The lowest BCUT2D eigenvalue weighted by Crippen LogP contribution is -2.48. The van der Waals surface area contributed by atoms with Crippen LogP contribution in [0.15, 0.2) is 89.9 Å². The van der Waals surface area contributed by atoms with Crippen molar-refractivity contribution in [2.75, 3.05) is 18.1 Å². The molecule has 0 saturated carbocycles. The Bertz CT molecular complexity index is 1180. The van der Waals surface area contributed by atoms with E-state index < -0.39 is 12.3 Å². The van der Waals surface area contributed by atoms with Gasteiger partial charge in [0.25, 0.3) is 5.91 Å². The first-order valence-corrected chi connectivity index (χ1v) is 10.8. The maximum Gasteiger partial charge on any atom is 0.409 e. The molecule has 0 aliphatic carbocycles. The summed E-state index contributed by atoms with van der Waals surface area (Å²) in [5.74, 6) is -0.333. The van der Waals surface area contributed by atoms with E-state index in [-0.39, 0.29) is 18.6 Å². The number of benzene rings is 3. The second-order valence-electron chi connectivity index (χ2n) is 7.87. The van der Waals surface area contributed by atoms with Gasteiger partial charge in [-0.05, 0) is 11.6 Å². The summed E-state index contributed by atoms with van der Waals surface area (Å²) in [5, 5.41) is 2.66. The number of hydrogen-bond acceptors (Lipinski definition) is 5. The number of amides is 2. The molecular formula is C26H23N3O4. The molecule has 7 nitrogen and oxygen atoms in total. The van der Waals surface area contributed by atoms with Crippen LogP contribution in [0.4, 0.5) is 10.5 Å². The topological polar surface area (TPSA) is 83.5 Å². The molecule has 2 aliphatic rings. The Morgan fingerprint density at radius 3 is 2.39 bits per heavy atom. The molecule has 2 atom stereocenters. The van der Waals surface area contributed by atoms with Crippen molar-refractivity contribution in [1.29, 1.82) is 0 Å². The van der Waals surface area contributed by atoms with Crippen molar-refractivity contribution in [3.8, 4) is 0 Å². The summed E-state index contributed by atoms with van der Waals surface area (Å²) >= 11 is 0. The van der Waals surface area contributed by atoms with E-state index in [9.17, 15) is 9.59 Å². The van der Waals surface area contributed by atoms with Crippen LogP contribution in [-0.4, -0.2) is 43.1 Å². The minimum atomic E-state index is -1.13. The Morgan fingerprint density at radius 2 is 1.67 bits per heavy atom. The van der Waals surface area contributed by atoms with Crippen LogP contribution in [0.1, 0.15) is 16.7 Å². The van der Waals surface area contributed by atoms with E-state index in [1.54, 1.807) is 4.90 Å². The van der Waals surface area contributed by atoms with Crippen LogP contribution in [0.5, 0.6) is 0 Å². The number of aliphatic imine (C=N–C) groups is 1. The van der Waals surface area contributed by atoms with Crippen molar-refractivity contribution in [3.05, 3.63) is 102 Å². The molecule has 2 amide bonds. The van der Waals surface area contributed by atoms with Gasteiger partial charge in [-0.3, -0.25) is 10.1 Å². The number of epoxide rings is 1. The predicted molar refractivity (Wildman–Crippen MR) is 124 cm³/mol. The van der Waals surface area contributed by atoms with Gasteiger partial charge in [0.2, 0.25) is 6.17 Å². The van der Waals surface area contributed by atoms with Crippen molar-refractivity contribution in [3.63, 3.8) is 0 Å². The SMILES string of the molecule is O=C(NC1N=C(c2ccccc2)c2ccccc2N(C[C@@H]2CO2)C1=O)OCc1ccccc1. The number of ether oxygens (including phenoxy) is 2. The number of carbonyl (C=O) groups excluding carboxylic acids is 2.